The second-order valence-corrected chi connectivity index (χ2v) is 4.65. The number of carbonyl (C=O) groups is 1. The fourth-order valence-corrected chi connectivity index (χ4v) is 2.08. The van der Waals surface area contributed by atoms with Crippen LogP contribution in [0.3, 0.4) is 0 Å². The molecule has 0 saturated heterocycles. The van der Waals surface area contributed by atoms with E-state index in [2.05, 4.69) is 0 Å². The number of hydrogen-bond acceptors (Lipinski definition) is 3. The number of carbonyl (C=O) groups excluding carboxylic acids is 1. The van der Waals surface area contributed by atoms with Crippen LogP contribution in [0.25, 0.3) is 6.08 Å². The van der Waals surface area contributed by atoms with Crippen molar-refractivity contribution in [2.45, 2.75) is 6.92 Å². The summed E-state index contributed by atoms with van der Waals surface area (Å²) in [5, 5.41) is 18.6. The first kappa shape index (κ1) is 15.3. The van der Waals surface area contributed by atoms with Crippen LogP contribution < -0.4 is 4.90 Å². The summed E-state index contributed by atoms with van der Waals surface area (Å²) in [6, 6.07) is 17.5. The quantitative estimate of drug-likeness (QED) is 0.694. The largest absolute Gasteiger partial charge is 0.508 e. The molecule has 22 heavy (non-hydrogen) atoms. The number of rotatable bonds is 4. The molecule has 0 fully saturated rings. The molecule has 2 rings (SSSR count). The lowest BCUT2D eigenvalue weighted by Crippen LogP contribution is -2.31. The number of anilines is 1. The van der Waals surface area contributed by atoms with Gasteiger partial charge in [0.1, 0.15) is 17.4 Å². The van der Waals surface area contributed by atoms with E-state index in [-0.39, 0.29) is 17.2 Å². The molecule has 1 amide bonds. The summed E-state index contributed by atoms with van der Waals surface area (Å²) in [5.41, 5.74) is 1.49. The van der Waals surface area contributed by atoms with Gasteiger partial charge in [0.05, 0.1) is 0 Å². The van der Waals surface area contributed by atoms with E-state index in [9.17, 15) is 15.2 Å². The average Bonchev–Trinajstić information content (AvgIpc) is 2.56. The fourth-order valence-electron chi connectivity index (χ4n) is 2.08. The van der Waals surface area contributed by atoms with Crippen molar-refractivity contribution in [2.75, 3.05) is 11.4 Å². The van der Waals surface area contributed by atoms with Gasteiger partial charge in [-0.1, -0.05) is 30.3 Å². The zero-order valence-electron chi connectivity index (χ0n) is 12.2. The van der Waals surface area contributed by atoms with Gasteiger partial charge in [0.2, 0.25) is 0 Å². The summed E-state index contributed by atoms with van der Waals surface area (Å²) in [7, 11) is 0. The fraction of sp³-hybridized carbons (Fsp3) is 0.111. The van der Waals surface area contributed by atoms with Crippen LogP contribution in [-0.2, 0) is 4.79 Å². The lowest BCUT2D eigenvalue weighted by molar-refractivity contribution is -0.114. The lowest BCUT2D eigenvalue weighted by Gasteiger charge is -2.20. The second kappa shape index (κ2) is 7.09. The Hall–Kier alpha value is -3.06. The number of hydrogen-bond donors (Lipinski definition) is 1. The highest BCUT2D eigenvalue weighted by molar-refractivity contribution is 6.11. The summed E-state index contributed by atoms with van der Waals surface area (Å²) in [5.74, 6) is -0.203. The number of nitrogens with zero attached hydrogens (tertiary/aromatic N) is 2. The molecule has 0 aliphatic rings. The van der Waals surface area contributed by atoms with Crippen molar-refractivity contribution in [3.63, 3.8) is 0 Å². The molecule has 2 aromatic carbocycles. The first-order chi connectivity index (χ1) is 10.7. The van der Waals surface area contributed by atoms with Crippen molar-refractivity contribution < 1.29 is 9.90 Å². The summed E-state index contributed by atoms with van der Waals surface area (Å²) in [4.78, 5) is 14.1. The number of likely N-dealkylation sites (N-methyl/N-ethyl adjacent to an activating group) is 1. The molecular formula is C18H16N2O2. The van der Waals surface area contributed by atoms with Crippen molar-refractivity contribution in [2.24, 2.45) is 0 Å². The highest BCUT2D eigenvalue weighted by Gasteiger charge is 2.18. The predicted molar refractivity (Wildman–Crippen MR) is 86.2 cm³/mol. The van der Waals surface area contributed by atoms with Crippen LogP contribution in [-0.4, -0.2) is 17.6 Å². The molecule has 0 radical (unpaired) electrons. The molecule has 0 bridgehead atoms. The van der Waals surface area contributed by atoms with E-state index < -0.39 is 0 Å². The maximum absolute atomic E-state index is 12.6. The SMILES string of the molecule is CCN(C(=O)/C(C#N)=C/c1ccc(O)cc1)c1ccccc1. The number of para-hydroxylation sites is 1. The Bertz CT molecular complexity index is 713. The van der Waals surface area contributed by atoms with Gasteiger partial charge in [-0.05, 0) is 42.8 Å². The monoisotopic (exact) mass is 292 g/mol. The number of amides is 1. The molecule has 4 heteroatoms. The first-order valence-corrected chi connectivity index (χ1v) is 6.93. The normalized spacial score (nSPS) is 10.8. The zero-order chi connectivity index (χ0) is 15.9. The second-order valence-electron chi connectivity index (χ2n) is 4.65. The van der Waals surface area contributed by atoms with Gasteiger partial charge < -0.3 is 10.0 Å². The topological polar surface area (TPSA) is 64.3 Å². The molecular weight excluding hydrogens is 276 g/mol. The Morgan fingerprint density at radius 2 is 1.82 bits per heavy atom. The van der Waals surface area contributed by atoms with Crippen LogP contribution in [0.15, 0.2) is 60.2 Å². The van der Waals surface area contributed by atoms with Gasteiger partial charge in [0.15, 0.2) is 0 Å². The minimum absolute atomic E-state index is 0.0522. The summed E-state index contributed by atoms with van der Waals surface area (Å²) in [6.45, 7) is 2.33. The molecule has 0 aromatic heterocycles. The van der Waals surface area contributed by atoms with Crippen molar-refractivity contribution in [1.82, 2.24) is 0 Å². The van der Waals surface area contributed by atoms with Gasteiger partial charge in [-0.2, -0.15) is 5.26 Å². The summed E-state index contributed by atoms with van der Waals surface area (Å²) >= 11 is 0. The predicted octanol–water partition coefficient (Wildman–Crippen LogP) is 3.35. The molecule has 0 heterocycles. The van der Waals surface area contributed by atoms with E-state index >= 15 is 0 Å². The Labute approximate surface area is 129 Å². The van der Waals surface area contributed by atoms with E-state index in [0.717, 1.165) is 5.69 Å². The van der Waals surface area contributed by atoms with Gasteiger partial charge in [0.25, 0.3) is 5.91 Å². The van der Waals surface area contributed by atoms with Crippen molar-refractivity contribution in [3.05, 3.63) is 65.7 Å². The Morgan fingerprint density at radius 1 is 1.18 bits per heavy atom. The van der Waals surface area contributed by atoms with Crippen LogP contribution >= 0.6 is 0 Å². The van der Waals surface area contributed by atoms with E-state index in [1.54, 1.807) is 17.0 Å². The number of aromatic hydroxyl groups is 1. The minimum Gasteiger partial charge on any atom is -0.508 e. The van der Waals surface area contributed by atoms with E-state index in [1.807, 2.05) is 43.3 Å². The van der Waals surface area contributed by atoms with Gasteiger partial charge in [-0.15, -0.1) is 0 Å². The molecule has 0 aliphatic heterocycles. The molecule has 0 atom stereocenters. The smallest absolute Gasteiger partial charge is 0.268 e. The summed E-state index contributed by atoms with van der Waals surface area (Å²) in [6.07, 6.45) is 1.52. The Balaban J connectivity index is 2.32. The lowest BCUT2D eigenvalue weighted by atomic mass is 10.1. The van der Waals surface area contributed by atoms with Gasteiger partial charge in [0, 0.05) is 12.2 Å². The van der Waals surface area contributed by atoms with Gasteiger partial charge in [-0.25, -0.2) is 0 Å². The standard InChI is InChI=1S/C18H16N2O2/c1-2-20(16-6-4-3-5-7-16)18(22)15(13-19)12-14-8-10-17(21)11-9-14/h3-12,21H,2H2,1H3/b15-12+. The van der Waals surface area contributed by atoms with Crippen LogP contribution in [0.5, 0.6) is 5.75 Å². The van der Waals surface area contributed by atoms with Crippen LogP contribution in [0.1, 0.15) is 12.5 Å². The number of nitriles is 1. The van der Waals surface area contributed by atoms with Crippen molar-refractivity contribution >= 4 is 17.7 Å². The van der Waals surface area contributed by atoms with Crippen LogP contribution in [0, 0.1) is 11.3 Å². The molecule has 0 unspecified atom stereocenters. The van der Waals surface area contributed by atoms with E-state index in [1.165, 1.54) is 18.2 Å². The van der Waals surface area contributed by atoms with E-state index in [4.69, 9.17) is 0 Å². The highest BCUT2D eigenvalue weighted by atomic mass is 16.3. The molecule has 110 valence electrons. The Morgan fingerprint density at radius 3 is 2.36 bits per heavy atom. The number of benzene rings is 2. The van der Waals surface area contributed by atoms with Crippen LogP contribution in [0.4, 0.5) is 5.69 Å². The molecule has 1 N–H and O–H groups in total. The maximum Gasteiger partial charge on any atom is 0.268 e. The van der Waals surface area contributed by atoms with Crippen molar-refractivity contribution in [3.8, 4) is 11.8 Å². The Kier molecular flexibility index (Phi) is 4.94. The van der Waals surface area contributed by atoms with E-state index in [0.29, 0.717) is 12.1 Å². The molecule has 4 nitrogen and oxygen atoms in total. The number of phenols is 1. The van der Waals surface area contributed by atoms with Gasteiger partial charge in [-0.3, -0.25) is 4.79 Å². The van der Waals surface area contributed by atoms with Gasteiger partial charge >= 0.3 is 0 Å². The summed E-state index contributed by atoms with van der Waals surface area (Å²) < 4.78 is 0. The molecule has 0 spiro atoms. The first-order valence-electron chi connectivity index (χ1n) is 6.93. The molecule has 2 aromatic rings. The average molecular weight is 292 g/mol. The van der Waals surface area contributed by atoms with Crippen molar-refractivity contribution in [1.29, 1.82) is 5.26 Å². The molecule has 0 saturated carbocycles. The third kappa shape index (κ3) is 3.53. The van der Waals surface area contributed by atoms with Crippen LogP contribution in [0.2, 0.25) is 0 Å². The maximum atomic E-state index is 12.6. The number of phenolic OH excluding ortho intramolecular Hbond substituents is 1. The minimum atomic E-state index is -0.343. The third-order valence-corrected chi connectivity index (χ3v) is 3.18. The molecule has 0 aliphatic carbocycles. The highest BCUT2D eigenvalue weighted by Crippen LogP contribution is 2.18. The third-order valence-electron chi connectivity index (χ3n) is 3.18. The zero-order valence-corrected chi connectivity index (χ0v) is 12.2.